The van der Waals surface area contributed by atoms with Crippen LogP contribution in [0.1, 0.15) is 35.2 Å². The number of rotatable bonds is 4. The molecule has 0 aromatic heterocycles. The summed E-state index contributed by atoms with van der Waals surface area (Å²) in [6.07, 6.45) is 0.636. The minimum atomic E-state index is -1.22. The normalized spacial score (nSPS) is 12.4. The standard InChI is InChI=1S/C11H15NO4/c1-6(2-3-12)7-4-8(11(15)16)10(14)5-9(7)13/h4-6,13-14H,2-3,12H2,1H3,(H,15,16). The van der Waals surface area contributed by atoms with Crippen LogP contribution in [0.5, 0.6) is 11.5 Å². The van der Waals surface area contributed by atoms with Gasteiger partial charge in [0, 0.05) is 6.07 Å². The molecular formula is C11H15NO4. The second kappa shape index (κ2) is 4.85. The van der Waals surface area contributed by atoms with Gasteiger partial charge in [-0.25, -0.2) is 4.79 Å². The van der Waals surface area contributed by atoms with E-state index >= 15 is 0 Å². The molecule has 1 unspecified atom stereocenters. The van der Waals surface area contributed by atoms with Gasteiger partial charge >= 0.3 is 5.97 Å². The molecule has 0 aliphatic rings. The number of aromatic carboxylic acids is 1. The summed E-state index contributed by atoms with van der Waals surface area (Å²) in [4.78, 5) is 10.8. The minimum Gasteiger partial charge on any atom is -0.508 e. The molecule has 0 aliphatic carbocycles. The second-order valence-corrected chi connectivity index (χ2v) is 3.71. The van der Waals surface area contributed by atoms with Gasteiger partial charge in [0.05, 0.1) is 0 Å². The summed E-state index contributed by atoms with van der Waals surface area (Å²) in [5, 5.41) is 27.8. The lowest BCUT2D eigenvalue weighted by atomic mass is 9.94. The zero-order valence-electron chi connectivity index (χ0n) is 8.97. The molecule has 0 radical (unpaired) electrons. The molecule has 0 bridgehead atoms. The molecule has 16 heavy (non-hydrogen) atoms. The van der Waals surface area contributed by atoms with Crippen LogP contribution >= 0.6 is 0 Å². The fourth-order valence-electron chi connectivity index (χ4n) is 1.57. The van der Waals surface area contributed by atoms with Crippen molar-refractivity contribution in [3.05, 3.63) is 23.3 Å². The number of hydrogen-bond donors (Lipinski definition) is 4. The third-order valence-corrected chi connectivity index (χ3v) is 2.51. The Morgan fingerprint density at radius 1 is 1.38 bits per heavy atom. The Balaban J connectivity index is 3.19. The van der Waals surface area contributed by atoms with Crippen molar-refractivity contribution in [3.8, 4) is 11.5 Å². The zero-order chi connectivity index (χ0) is 12.3. The predicted molar refractivity (Wildman–Crippen MR) is 58.8 cm³/mol. The molecule has 5 heteroatoms. The van der Waals surface area contributed by atoms with Crippen LogP contribution in [-0.2, 0) is 0 Å². The van der Waals surface area contributed by atoms with Gasteiger partial charge in [-0.1, -0.05) is 6.92 Å². The van der Waals surface area contributed by atoms with Crippen molar-refractivity contribution in [2.75, 3.05) is 6.54 Å². The lowest BCUT2D eigenvalue weighted by Gasteiger charge is -2.13. The third kappa shape index (κ3) is 2.43. The van der Waals surface area contributed by atoms with E-state index in [0.717, 1.165) is 6.07 Å². The van der Waals surface area contributed by atoms with Crippen molar-refractivity contribution in [1.29, 1.82) is 0 Å². The lowest BCUT2D eigenvalue weighted by Crippen LogP contribution is -2.06. The summed E-state index contributed by atoms with van der Waals surface area (Å²) in [5.74, 6) is -1.82. The van der Waals surface area contributed by atoms with Crippen molar-refractivity contribution in [3.63, 3.8) is 0 Å². The highest BCUT2D eigenvalue weighted by Crippen LogP contribution is 2.33. The van der Waals surface area contributed by atoms with Crippen molar-refractivity contribution in [1.82, 2.24) is 0 Å². The number of phenolic OH excluding ortho intramolecular Hbond substituents is 1. The van der Waals surface area contributed by atoms with E-state index in [1.54, 1.807) is 0 Å². The van der Waals surface area contributed by atoms with E-state index in [2.05, 4.69) is 0 Å². The summed E-state index contributed by atoms with van der Waals surface area (Å²) in [7, 11) is 0. The first-order chi connectivity index (χ1) is 7.47. The first kappa shape index (κ1) is 12.3. The van der Waals surface area contributed by atoms with Gasteiger partial charge in [-0.2, -0.15) is 0 Å². The molecule has 0 spiro atoms. The first-order valence-corrected chi connectivity index (χ1v) is 4.96. The molecule has 5 nitrogen and oxygen atoms in total. The number of phenols is 2. The summed E-state index contributed by atoms with van der Waals surface area (Å²) < 4.78 is 0. The molecule has 0 heterocycles. The van der Waals surface area contributed by atoms with E-state index in [1.807, 2.05) is 6.92 Å². The third-order valence-electron chi connectivity index (χ3n) is 2.51. The van der Waals surface area contributed by atoms with Crippen molar-refractivity contribution in [2.45, 2.75) is 19.3 Å². The molecule has 1 aromatic carbocycles. The number of carbonyl (C=O) groups is 1. The average molecular weight is 225 g/mol. The molecule has 88 valence electrons. The average Bonchev–Trinajstić information content (AvgIpc) is 2.17. The Morgan fingerprint density at radius 2 is 2.00 bits per heavy atom. The largest absolute Gasteiger partial charge is 0.508 e. The molecule has 0 aliphatic heterocycles. The maximum absolute atomic E-state index is 10.8. The summed E-state index contributed by atoms with van der Waals surface area (Å²) >= 11 is 0. The van der Waals surface area contributed by atoms with Gasteiger partial charge in [0.25, 0.3) is 0 Å². The van der Waals surface area contributed by atoms with Crippen LogP contribution in [0.2, 0.25) is 0 Å². The highest BCUT2D eigenvalue weighted by atomic mass is 16.4. The van der Waals surface area contributed by atoms with E-state index in [0.29, 0.717) is 18.5 Å². The van der Waals surface area contributed by atoms with E-state index < -0.39 is 11.7 Å². The van der Waals surface area contributed by atoms with Crippen LogP contribution in [0.3, 0.4) is 0 Å². The Labute approximate surface area is 93.1 Å². The van der Waals surface area contributed by atoms with E-state index in [4.69, 9.17) is 10.8 Å². The first-order valence-electron chi connectivity index (χ1n) is 4.96. The van der Waals surface area contributed by atoms with Crippen LogP contribution < -0.4 is 5.73 Å². The number of carboxylic acids is 1. The number of benzene rings is 1. The molecule has 0 amide bonds. The van der Waals surface area contributed by atoms with Gasteiger partial charge < -0.3 is 21.1 Å². The minimum absolute atomic E-state index is 0.0521. The van der Waals surface area contributed by atoms with Gasteiger partial charge in [0.1, 0.15) is 17.1 Å². The summed E-state index contributed by atoms with van der Waals surface area (Å²) in [6, 6.07) is 2.33. The van der Waals surface area contributed by atoms with E-state index in [-0.39, 0.29) is 17.2 Å². The van der Waals surface area contributed by atoms with Crippen LogP contribution in [0.4, 0.5) is 0 Å². The Bertz CT molecular complexity index is 403. The van der Waals surface area contributed by atoms with Crippen LogP contribution in [0.15, 0.2) is 12.1 Å². The maximum Gasteiger partial charge on any atom is 0.339 e. The Hall–Kier alpha value is -1.75. The fourth-order valence-corrected chi connectivity index (χ4v) is 1.57. The second-order valence-electron chi connectivity index (χ2n) is 3.71. The number of carboxylic acid groups (broad SMARTS) is 1. The highest BCUT2D eigenvalue weighted by Gasteiger charge is 2.17. The number of hydrogen-bond acceptors (Lipinski definition) is 4. The number of aromatic hydroxyl groups is 2. The van der Waals surface area contributed by atoms with E-state index in [9.17, 15) is 15.0 Å². The number of nitrogens with two attached hydrogens (primary N) is 1. The molecule has 0 fully saturated rings. The zero-order valence-corrected chi connectivity index (χ0v) is 8.97. The quantitative estimate of drug-likeness (QED) is 0.617. The smallest absolute Gasteiger partial charge is 0.339 e. The highest BCUT2D eigenvalue weighted by molar-refractivity contribution is 5.91. The SMILES string of the molecule is CC(CCN)c1cc(C(=O)O)c(O)cc1O. The molecule has 1 rings (SSSR count). The van der Waals surface area contributed by atoms with Crippen molar-refractivity contribution < 1.29 is 20.1 Å². The molecule has 1 aromatic rings. The topological polar surface area (TPSA) is 104 Å². The molecule has 0 saturated carbocycles. The van der Waals surface area contributed by atoms with Crippen molar-refractivity contribution >= 4 is 5.97 Å². The van der Waals surface area contributed by atoms with Gasteiger partial charge in [-0.05, 0) is 30.5 Å². The predicted octanol–water partition coefficient (Wildman–Crippen LogP) is 1.25. The fraction of sp³-hybridized carbons (Fsp3) is 0.364. The van der Waals surface area contributed by atoms with Gasteiger partial charge in [-0.15, -0.1) is 0 Å². The molecule has 5 N–H and O–H groups in total. The monoisotopic (exact) mass is 225 g/mol. The van der Waals surface area contributed by atoms with Gasteiger partial charge in [0.15, 0.2) is 0 Å². The summed E-state index contributed by atoms with van der Waals surface area (Å²) in [5.41, 5.74) is 5.67. The Kier molecular flexibility index (Phi) is 3.73. The lowest BCUT2D eigenvalue weighted by molar-refractivity contribution is 0.0693. The molecule has 1 atom stereocenters. The van der Waals surface area contributed by atoms with E-state index in [1.165, 1.54) is 6.07 Å². The van der Waals surface area contributed by atoms with Crippen LogP contribution in [0, 0.1) is 0 Å². The van der Waals surface area contributed by atoms with Crippen LogP contribution in [-0.4, -0.2) is 27.8 Å². The van der Waals surface area contributed by atoms with Crippen molar-refractivity contribution in [2.24, 2.45) is 5.73 Å². The van der Waals surface area contributed by atoms with Gasteiger partial charge in [0.2, 0.25) is 0 Å². The molecular weight excluding hydrogens is 210 g/mol. The van der Waals surface area contributed by atoms with Crippen LogP contribution in [0.25, 0.3) is 0 Å². The molecule has 0 saturated heterocycles. The maximum atomic E-state index is 10.8. The summed E-state index contributed by atoms with van der Waals surface area (Å²) in [6.45, 7) is 2.29. The Morgan fingerprint density at radius 3 is 2.50 bits per heavy atom. The van der Waals surface area contributed by atoms with Gasteiger partial charge in [-0.3, -0.25) is 0 Å².